The van der Waals surface area contributed by atoms with Crippen molar-refractivity contribution in [2.75, 3.05) is 0 Å². The van der Waals surface area contributed by atoms with E-state index in [4.69, 9.17) is 0 Å². The number of aromatic hydroxyl groups is 4. The summed E-state index contributed by atoms with van der Waals surface area (Å²) >= 11 is 0. The Kier molecular flexibility index (Phi) is 5.21. The van der Waals surface area contributed by atoms with E-state index in [1.165, 1.54) is 36.7 Å². The van der Waals surface area contributed by atoms with Crippen LogP contribution >= 0.6 is 0 Å². The fourth-order valence-electron chi connectivity index (χ4n) is 3.30. The van der Waals surface area contributed by atoms with Crippen molar-refractivity contribution < 1.29 is 25.6 Å². The minimum absolute atomic E-state index is 0.0149. The Morgan fingerprint density at radius 2 is 1.44 bits per heavy atom. The Bertz CT molecular complexity index is 1670. The molecule has 2 aromatic carbocycles. The average Bonchev–Trinajstić information content (AvgIpc) is 3.45. The Morgan fingerprint density at radius 1 is 0.833 bits per heavy atom. The van der Waals surface area contributed by atoms with E-state index in [1.54, 1.807) is 0 Å². The molecule has 0 saturated heterocycles. The summed E-state index contributed by atoms with van der Waals surface area (Å²) in [7, 11) is 0. The molecule has 2 heterocycles. The van der Waals surface area contributed by atoms with Crippen molar-refractivity contribution in [2.45, 2.75) is 0 Å². The summed E-state index contributed by atoms with van der Waals surface area (Å²) in [6, 6.07) is 7.79. The van der Waals surface area contributed by atoms with Gasteiger partial charge in [-0.15, -0.1) is 30.4 Å². The average molecular weight is 490 g/mol. The van der Waals surface area contributed by atoms with Crippen molar-refractivity contribution in [2.24, 2.45) is 20.5 Å². The van der Waals surface area contributed by atoms with Gasteiger partial charge in [-0.3, -0.25) is 5.10 Å². The van der Waals surface area contributed by atoms with Crippen LogP contribution in [0.5, 0.6) is 23.0 Å². The molecule has 0 radical (unpaired) electrons. The van der Waals surface area contributed by atoms with Crippen molar-refractivity contribution >= 4 is 29.1 Å². The lowest BCUT2D eigenvalue weighted by molar-refractivity contribution is 0.302. The summed E-state index contributed by atoms with van der Waals surface area (Å²) in [6.45, 7) is 0. The molecule has 36 heavy (non-hydrogen) atoms. The maximum Gasteiger partial charge on any atom is 0.165 e. The number of phenols is 4. The number of nitroso groups, excluding NO2 is 1. The van der Waals surface area contributed by atoms with Crippen LogP contribution < -0.4 is 5.36 Å². The van der Waals surface area contributed by atoms with Crippen LogP contribution in [0, 0.1) is 4.91 Å². The molecule has 3 aromatic rings. The largest absolute Gasteiger partial charge is 0.508 e. The van der Waals surface area contributed by atoms with Gasteiger partial charge in [0.25, 0.3) is 0 Å². The highest BCUT2D eigenvalue weighted by atomic mass is 16.4. The monoisotopic (exact) mass is 490 g/mol. The van der Waals surface area contributed by atoms with Crippen molar-refractivity contribution in [1.82, 2.24) is 30.2 Å². The first-order valence-electron chi connectivity index (χ1n) is 9.94. The Balaban J connectivity index is 1.59. The number of aromatic amines is 1. The van der Waals surface area contributed by atoms with Crippen molar-refractivity contribution in [3.8, 4) is 34.4 Å². The van der Waals surface area contributed by atoms with Gasteiger partial charge in [-0.2, -0.15) is 0 Å². The number of aromatic nitrogens is 6. The van der Waals surface area contributed by atoms with E-state index < -0.39 is 0 Å². The van der Waals surface area contributed by atoms with Crippen LogP contribution in [-0.4, -0.2) is 68.3 Å². The van der Waals surface area contributed by atoms with Gasteiger partial charge in [0.05, 0.1) is 12.4 Å². The summed E-state index contributed by atoms with van der Waals surface area (Å²) in [4.78, 5) is 13.5. The van der Waals surface area contributed by atoms with Crippen molar-refractivity contribution in [1.29, 1.82) is 0 Å². The molecule has 16 heteroatoms. The first kappa shape index (κ1) is 22.0. The Morgan fingerprint density at radius 3 is 2.03 bits per heavy atom. The van der Waals surface area contributed by atoms with E-state index in [-0.39, 0.29) is 67.6 Å². The summed E-state index contributed by atoms with van der Waals surface area (Å²) in [5, 5.41) is 77.3. The summed E-state index contributed by atoms with van der Waals surface area (Å²) in [5.41, 5.74) is 0.210. The molecule has 2 aliphatic rings. The number of phenolic OH excluding ortho intramolecular Hbond substituents is 4. The normalized spacial score (nSPS) is 12.5. The Hall–Kier alpha value is -5.80. The molecular formula is C20H14N10O6. The van der Waals surface area contributed by atoms with Gasteiger partial charge in [-0.1, -0.05) is 15.0 Å². The topological polar surface area (TPSA) is 232 Å². The lowest BCUT2D eigenvalue weighted by Gasteiger charge is -1.98. The lowest BCUT2D eigenvalue weighted by Crippen LogP contribution is -2.10. The summed E-state index contributed by atoms with van der Waals surface area (Å²) in [6.07, 6.45) is 2.45. The molecule has 1 aliphatic heterocycles. The van der Waals surface area contributed by atoms with E-state index in [1.807, 2.05) is 0 Å². The van der Waals surface area contributed by atoms with Crippen molar-refractivity contribution in [3.63, 3.8) is 0 Å². The van der Waals surface area contributed by atoms with Gasteiger partial charge >= 0.3 is 0 Å². The predicted molar refractivity (Wildman–Crippen MR) is 123 cm³/mol. The first-order valence-corrected chi connectivity index (χ1v) is 9.94. The SMILES string of the molecule is O=Nc1c2[nH]n(/N=C/c3ccc(O)cc3O)nc-2/c(=N\O)c2nn(/N=C/c3ccc(O)cc3O)nc12. The summed E-state index contributed by atoms with van der Waals surface area (Å²) < 4.78 is 0. The number of hydrogen-bond donors (Lipinski definition) is 6. The highest BCUT2D eigenvalue weighted by Gasteiger charge is 2.25. The second kappa shape index (κ2) is 8.52. The van der Waals surface area contributed by atoms with Crippen LogP contribution in [0.1, 0.15) is 11.1 Å². The quantitative estimate of drug-likeness (QED) is 0.0901. The number of rotatable bonds is 5. The number of hydrogen-bond acceptors (Lipinski definition) is 13. The third-order valence-electron chi connectivity index (χ3n) is 4.98. The minimum Gasteiger partial charge on any atom is -0.508 e. The number of H-pyrrole nitrogens is 1. The van der Waals surface area contributed by atoms with Crippen LogP contribution in [0.3, 0.4) is 0 Å². The van der Waals surface area contributed by atoms with Gasteiger partial charge in [-0.05, 0) is 29.4 Å². The fraction of sp³-hybridized carbons (Fsp3) is 0. The van der Waals surface area contributed by atoms with E-state index >= 15 is 0 Å². The third kappa shape index (κ3) is 3.79. The van der Waals surface area contributed by atoms with Crippen LogP contribution in [0.2, 0.25) is 0 Å². The standard InChI is InChI=1S/C20H14N10O6/c31-11-3-1-9(13(33)5-11)7-21-29-23-15-16(24-29)20(28-36)18-17(19(15)27-35)25-30(26-18)22-8-10-2-4-12(32)6-14(10)34/h1-8,23,31-34,36H/b21-7+,22-8+,28-20+. The molecule has 0 saturated carbocycles. The highest BCUT2D eigenvalue weighted by Crippen LogP contribution is 2.32. The molecule has 0 amide bonds. The molecule has 0 fully saturated rings. The zero-order valence-corrected chi connectivity index (χ0v) is 17.8. The van der Waals surface area contributed by atoms with Gasteiger partial charge in [0.15, 0.2) is 11.0 Å². The van der Waals surface area contributed by atoms with E-state index in [0.29, 0.717) is 0 Å². The summed E-state index contributed by atoms with van der Waals surface area (Å²) in [5.74, 6) is -0.723. The number of fused-ring (bicyclic) bond motifs is 2. The van der Waals surface area contributed by atoms with E-state index in [0.717, 1.165) is 21.9 Å². The van der Waals surface area contributed by atoms with Gasteiger partial charge in [0.1, 0.15) is 45.4 Å². The minimum atomic E-state index is -0.236. The number of benzene rings is 3. The molecule has 0 bridgehead atoms. The molecule has 6 N–H and O–H groups in total. The fourth-order valence-corrected chi connectivity index (χ4v) is 3.30. The third-order valence-corrected chi connectivity index (χ3v) is 4.98. The zero-order chi connectivity index (χ0) is 25.4. The van der Waals surface area contributed by atoms with Crippen molar-refractivity contribution in [3.05, 3.63) is 57.8 Å². The number of nitrogens with zero attached hydrogens (tertiary/aromatic N) is 9. The molecule has 0 atom stereocenters. The van der Waals surface area contributed by atoms with Gasteiger partial charge in [0.2, 0.25) is 0 Å². The predicted octanol–water partition coefficient (Wildman–Crippen LogP) is 1.34. The maximum atomic E-state index is 11.7. The van der Waals surface area contributed by atoms with Crippen LogP contribution in [0.15, 0.2) is 56.9 Å². The lowest BCUT2D eigenvalue weighted by atomic mass is 10.1. The maximum absolute atomic E-state index is 11.7. The highest BCUT2D eigenvalue weighted by molar-refractivity contribution is 5.95. The molecule has 5 rings (SSSR count). The molecule has 1 aromatic heterocycles. The molecule has 0 unspecified atom stereocenters. The van der Waals surface area contributed by atoms with Gasteiger partial charge in [-0.25, -0.2) is 0 Å². The van der Waals surface area contributed by atoms with Crippen LogP contribution in [0.4, 0.5) is 5.69 Å². The van der Waals surface area contributed by atoms with Gasteiger partial charge in [0, 0.05) is 23.3 Å². The first-order chi connectivity index (χ1) is 17.4. The number of nitrogens with one attached hydrogen (secondary N) is 1. The van der Waals surface area contributed by atoms with Gasteiger partial charge < -0.3 is 25.6 Å². The van der Waals surface area contributed by atoms with E-state index in [9.17, 15) is 30.5 Å². The Labute approximate surface area is 198 Å². The molecular weight excluding hydrogens is 476 g/mol. The molecule has 1 aliphatic carbocycles. The van der Waals surface area contributed by atoms with Crippen LogP contribution in [-0.2, 0) is 0 Å². The second-order valence-electron chi connectivity index (χ2n) is 7.25. The zero-order valence-electron chi connectivity index (χ0n) is 17.8. The molecule has 16 nitrogen and oxygen atoms in total. The second-order valence-corrected chi connectivity index (χ2v) is 7.25. The smallest absolute Gasteiger partial charge is 0.165 e. The van der Waals surface area contributed by atoms with E-state index in [2.05, 4.69) is 40.9 Å². The molecule has 180 valence electrons. The molecule has 0 spiro atoms. The van der Waals surface area contributed by atoms with Crippen LogP contribution in [0.25, 0.3) is 22.4 Å².